The predicted molar refractivity (Wildman–Crippen MR) is 45.0 cm³/mol. The van der Waals surface area contributed by atoms with Crippen LogP contribution in [0.15, 0.2) is 0 Å². The van der Waals surface area contributed by atoms with E-state index in [1.807, 2.05) is 0 Å². The molecule has 0 radical (unpaired) electrons. The molecule has 0 fully saturated rings. The van der Waals surface area contributed by atoms with Gasteiger partial charge in [-0.05, 0) is 33.6 Å². The zero-order valence-electron chi connectivity index (χ0n) is 6.15. The van der Waals surface area contributed by atoms with E-state index < -0.39 is 0 Å². The molecule has 3 heteroatoms. The Balaban J connectivity index is 2.75. The monoisotopic (exact) mass is 194 g/mol. The maximum atomic E-state index is 3.29. The van der Waals surface area contributed by atoms with Crippen LogP contribution in [0.3, 0.4) is 0 Å². The van der Waals surface area contributed by atoms with Crippen molar-refractivity contribution in [3.8, 4) is 0 Å². The van der Waals surface area contributed by atoms with Crippen LogP contribution in [0.1, 0.15) is 6.42 Å². The molecule has 0 unspecified atom stereocenters. The zero-order valence-corrected chi connectivity index (χ0v) is 7.74. The summed E-state index contributed by atoms with van der Waals surface area (Å²) in [5.74, 6) is 0. The molecule has 0 saturated heterocycles. The van der Waals surface area contributed by atoms with E-state index in [1.165, 1.54) is 13.0 Å². The summed E-state index contributed by atoms with van der Waals surface area (Å²) in [4.78, 5) is 2.19. The van der Waals surface area contributed by atoms with Gasteiger partial charge in [0.1, 0.15) is 0 Å². The summed E-state index contributed by atoms with van der Waals surface area (Å²) < 4.78 is 0. The second-order valence-electron chi connectivity index (χ2n) is 2.29. The van der Waals surface area contributed by atoms with Crippen LogP contribution in [0.4, 0.5) is 0 Å². The molecule has 0 spiro atoms. The summed E-state index contributed by atoms with van der Waals surface area (Å²) in [5, 5.41) is 3.19. The van der Waals surface area contributed by atoms with Crippen molar-refractivity contribution in [1.29, 1.82) is 0 Å². The molecule has 0 aliphatic rings. The quantitative estimate of drug-likeness (QED) is 0.398. The molecular formula is C6H15BrN2. The van der Waals surface area contributed by atoms with Gasteiger partial charge in [-0.2, -0.15) is 0 Å². The van der Waals surface area contributed by atoms with Crippen LogP contribution in [0, 0.1) is 0 Å². The van der Waals surface area contributed by atoms with Crippen molar-refractivity contribution in [3.05, 3.63) is 0 Å². The third-order valence-corrected chi connectivity index (χ3v) is 1.45. The van der Waals surface area contributed by atoms with Crippen LogP contribution in [0.25, 0.3) is 0 Å². The lowest BCUT2D eigenvalue weighted by molar-refractivity contribution is 0.397. The molecule has 0 bridgehead atoms. The van der Waals surface area contributed by atoms with Gasteiger partial charge in [-0.15, -0.1) is 0 Å². The van der Waals surface area contributed by atoms with Gasteiger partial charge in [0.2, 0.25) is 0 Å². The Hall–Kier alpha value is 0.400. The van der Waals surface area contributed by atoms with Crippen molar-refractivity contribution < 1.29 is 0 Å². The average Bonchev–Trinajstić information content (AvgIpc) is 1.80. The summed E-state index contributed by atoms with van der Waals surface area (Å²) >= 11 is 3.29. The van der Waals surface area contributed by atoms with E-state index in [0.29, 0.717) is 0 Å². The maximum absolute atomic E-state index is 3.29. The smallest absolute Gasteiger partial charge is 0.0517 e. The number of hydrogen-bond acceptors (Lipinski definition) is 2. The minimum atomic E-state index is 0.903. The van der Waals surface area contributed by atoms with Gasteiger partial charge in [0.15, 0.2) is 0 Å². The summed E-state index contributed by atoms with van der Waals surface area (Å²) in [6.07, 6.45) is 1.22. The van der Waals surface area contributed by atoms with Gasteiger partial charge in [-0.1, -0.05) is 15.9 Å². The minimum Gasteiger partial charge on any atom is -0.309 e. The van der Waals surface area contributed by atoms with E-state index in [2.05, 4.69) is 40.2 Å². The summed E-state index contributed by atoms with van der Waals surface area (Å²) in [6, 6.07) is 0. The normalized spacial score (nSPS) is 10.7. The summed E-state index contributed by atoms with van der Waals surface area (Å²) in [7, 11) is 4.18. The molecule has 0 atom stereocenters. The lowest BCUT2D eigenvalue weighted by Crippen LogP contribution is -2.19. The number of alkyl halides is 1. The van der Waals surface area contributed by atoms with Gasteiger partial charge >= 0.3 is 0 Å². The Morgan fingerprint density at radius 3 is 2.56 bits per heavy atom. The number of nitrogens with zero attached hydrogens (tertiary/aromatic N) is 1. The molecule has 2 nitrogen and oxygen atoms in total. The van der Waals surface area contributed by atoms with Crippen LogP contribution in [-0.4, -0.2) is 37.5 Å². The van der Waals surface area contributed by atoms with Crippen molar-refractivity contribution in [3.63, 3.8) is 0 Å². The van der Waals surface area contributed by atoms with Crippen molar-refractivity contribution in [2.45, 2.75) is 6.42 Å². The van der Waals surface area contributed by atoms with Gasteiger partial charge in [0.25, 0.3) is 0 Å². The Morgan fingerprint density at radius 2 is 2.11 bits per heavy atom. The molecule has 56 valence electrons. The van der Waals surface area contributed by atoms with Crippen LogP contribution < -0.4 is 5.32 Å². The third-order valence-electron chi connectivity index (χ3n) is 1.05. The average molecular weight is 195 g/mol. The zero-order chi connectivity index (χ0) is 7.11. The van der Waals surface area contributed by atoms with Crippen molar-refractivity contribution in [2.24, 2.45) is 0 Å². The Bertz CT molecular complexity index is 57.0. The molecule has 0 amide bonds. The molecule has 0 saturated carbocycles. The second kappa shape index (κ2) is 6.52. The molecule has 9 heavy (non-hydrogen) atoms. The predicted octanol–water partition coefficient (Wildman–Crippen LogP) is 0.880. The topological polar surface area (TPSA) is 15.3 Å². The maximum Gasteiger partial charge on any atom is 0.0517 e. The van der Waals surface area contributed by atoms with E-state index in [9.17, 15) is 0 Å². The van der Waals surface area contributed by atoms with E-state index in [1.54, 1.807) is 0 Å². The highest BCUT2D eigenvalue weighted by Crippen LogP contribution is 1.81. The first-order valence-corrected chi connectivity index (χ1v) is 4.31. The molecular weight excluding hydrogens is 180 g/mol. The summed E-state index contributed by atoms with van der Waals surface area (Å²) in [6.45, 7) is 2.27. The Morgan fingerprint density at radius 1 is 1.44 bits per heavy atom. The minimum absolute atomic E-state index is 0.903. The lowest BCUT2D eigenvalue weighted by Gasteiger charge is -2.08. The third kappa shape index (κ3) is 8.40. The van der Waals surface area contributed by atoms with E-state index in [-0.39, 0.29) is 0 Å². The van der Waals surface area contributed by atoms with E-state index >= 15 is 0 Å². The fourth-order valence-corrected chi connectivity index (χ4v) is 0.867. The largest absolute Gasteiger partial charge is 0.309 e. The van der Waals surface area contributed by atoms with Gasteiger partial charge in [0, 0.05) is 0 Å². The molecule has 0 rings (SSSR count). The van der Waals surface area contributed by atoms with Crippen molar-refractivity contribution >= 4 is 15.9 Å². The van der Waals surface area contributed by atoms with Crippen LogP contribution in [-0.2, 0) is 0 Å². The Kier molecular flexibility index (Phi) is 6.81. The number of rotatable bonds is 5. The fourth-order valence-electron chi connectivity index (χ4n) is 0.587. The van der Waals surface area contributed by atoms with Gasteiger partial charge < -0.3 is 10.2 Å². The SMILES string of the molecule is CN(C)CCCNCBr. The molecule has 1 N–H and O–H groups in total. The van der Waals surface area contributed by atoms with Crippen LogP contribution in [0.2, 0.25) is 0 Å². The summed E-state index contributed by atoms with van der Waals surface area (Å²) in [5.41, 5.74) is 0.903. The molecule has 0 aromatic carbocycles. The van der Waals surface area contributed by atoms with Crippen molar-refractivity contribution in [2.75, 3.05) is 32.6 Å². The Labute approximate surface area is 65.7 Å². The fraction of sp³-hybridized carbons (Fsp3) is 1.00. The second-order valence-corrected chi connectivity index (χ2v) is 2.85. The lowest BCUT2D eigenvalue weighted by atomic mass is 10.4. The number of nitrogens with one attached hydrogen (secondary N) is 1. The first kappa shape index (κ1) is 9.40. The standard InChI is InChI=1S/C6H15BrN2/c1-9(2)5-3-4-8-6-7/h8H,3-6H2,1-2H3. The highest BCUT2D eigenvalue weighted by Gasteiger charge is 1.87. The molecule has 0 aromatic rings. The number of hydrogen-bond donors (Lipinski definition) is 1. The first-order valence-electron chi connectivity index (χ1n) is 3.19. The van der Waals surface area contributed by atoms with E-state index in [0.717, 1.165) is 12.0 Å². The van der Waals surface area contributed by atoms with Gasteiger partial charge in [-0.3, -0.25) is 0 Å². The molecule has 0 heterocycles. The molecule has 0 aliphatic carbocycles. The number of halogens is 1. The van der Waals surface area contributed by atoms with Crippen LogP contribution >= 0.6 is 15.9 Å². The van der Waals surface area contributed by atoms with Gasteiger partial charge in [-0.25, -0.2) is 0 Å². The van der Waals surface area contributed by atoms with Crippen molar-refractivity contribution in [1.82, 2.24) is 10.2 Å². The van der Waals surface area contributed by atoms with E-state index in [4.69, 9.17) is 0 Å². The highest BCUT2D eigenvalue weighted by atomic mass is 79.9. The van der Waals surface area contributed by atoms with Crippen LogP contribution in [0.5, 0.6) is 0 Å². The highest BCUT2D eigenvalue weighted by molar-refractivity contribution is 9.09. The first-order chi connectivity index (χ1) is 4.27. The molecule has 0 aliphatic heterocycles. The van der Waals surface area contributed by atoms with Gasteiger partial charge in [0.05, 0.1) is 5.45 Å². The molecule has 0 aromatic heterocycles.